The van der Waals surface area contributed by atoms with Crippen molar-refractivity contribution in [1.29, 1.82) is 0 Å². The predicted octanol–water partition coefficient (Wildman–Crippen LogP) is 8.15. The number of nitrogens with zero attached hydrogens (tertiary/aromatic N) is 2. The highest BCUT2D eigenvalue weighted by molar-refractivity contribution is 5.80. The van der Waals surface area contributed by atoms with Crippen molar-refractivity contribution in [3.63, 3.8) is 0 Å². The van der Waals surface area contributed by atoms with Gasteiger partial charge >= 0.3 is 0 Å². The van der Waals surface area contributed by atoms with Crippen molar-refractivity contribution >= 4 is 16.7 Å². The summed E-state index contributed by atoms with van der Waals surface area (Å²) in [7, 11) is 4.01. The van der Waals surface area contributed by atoms with Crippen LogP contribution in [0.1, 0.15) is 78.1 Å². The van der Waals surface area contributed by atoms with Crippen LogP contribution in [0.2, 0.25) is 0 Å². The molecule has 0 aliphatic rings. The zero-order chi connectivity index (χ0) is 27.2. The number of ether oxygens (including phenoxy) is 1. The van der Waals surface area contributed by atoms with E-state index in [0.29, 0.717) is 23.3 Å². The third-order valence-corrected chi connectivity index (χ3v) is 7.40. The number of anilines is 1. The molecule has 208 valence electrons. The Morgan fingerprint density at radius 2 is 1.34 bits per heavy atom. The molecule has 0 radical (unpaired) electrons. The first-order valence-electron chi connectivity index (χ1n) is 14.7. The molecule has 5 nitrogen and oxygen atoms in total. The molecule has 2 aromatic carbocycles. The summed E-state index contributed by atoms with van der Waals surface area (Å²) in [6, 6.07) is 15.1. The molecule has 3 aromatic rings. The highest BCUT2D eigenvalue weighted by Crippen LogP contribution is 2.26. The Hall–Kier alpha value is -2.79. The second-order valence-corrected chi connectivity index (χ2v) is 10.5. The maximum absolute atomic E-state index is 12.7. The molecule has 0 N–H and O–H groups in total. The molecule has 3 rings (SSSR count). The highest BCUT2D eigenvalue weighted by atomic mass is 16.5. The number of benzene rings is 2. The molecule has 0 amide bonds. The largest absolute Gasteiger partial charge is 0.493 e. The fraction of sp³-hybridized carbons (Fsp3) is 0.545. The monoisotopic (exact) mass is 520 g/mol. The molecule has 0 saturated heterocycles. The molecular weight excluding hydrogens is 472 g/mol. The van der Waals surface area contributed by atoms with Gasteiger partial charge in [-0.25, -0.2) is 0 Å². The van der Waals surface area contributed by atoms with Gasteiger partial charge in [-0.1, -0.05) is 65.2 Å². The smallest absolute Gasteiger partial charge is 0.193 e. The number of fused-ring (bicyclic) bond motifs is 1. The van der Waals surface area contributed by atoms with Gasteiger partial charge < -0.3 is 19.0 Å². The number of unbranched alkanes of at least 4 members (excludes halogenated alkanes) is 9. The van der Waals surface area contributed by atoms with Gasteiger partial charge in [-0.2, -0.15) is 0 Å². The second kappa shape index (κ2) is 16.2. The summed E-state index contributed by atoms with van der Waals surface area (Å²) >= 11 is 0. The van der Waals surface area contributed by atoms with Crippen molar-refractivity contribution in [1.82, 2.24) is 4.90 Å². The molecule has 0 unspecified atom stereocenters. The Morgan fingerprint density at radius 1 is 0.737 bits per heavy atom. The van der Waals surface area contributed by atoms with Gasteiger partial charge in [0.1, 0.15) is 17.1 Å². The maximum Gasteiger partial charge on any atom is 0.193 e. The van der Waals surface area contributed by atoms with Crippen LogP contribution in [0.5, 0.6) is 5.75 Å². The Morgan fingerprint density at radius 3 is 1.95 bits per heavy atom. The summed E-state index contributed by atoms with van der Waals surface area (Å²) < 4.78 is 12.1. The van der Waals surface area contributed by atoms with Crippen molar-refractivity contribution < 1.29 is 9.15 Å². The molecule has 1 aromatic heterocycles. The van der Waals surface area contributed by atoms with Gasteiger partial charge in [-0.05, 0) is 68.9 Å². The van der Waals surface area contributed by atoms with E-state index >= 15 is 0 Å². The summed E-state index contributed by atoms with van der Waals surface area (Å²) in [5.74, 6) is 1.33. The Kier molecular flexibility index (Phi) is 12.7. The molecule has 5 heteroatoms. The minimum absolute atomic E-state index is 0.0379. The van der Waals surface area contributed by atoms with Gasteiger partial charge in [-0.15, -0.1) is 0 Å². The third kappa shape index (κ3) is 9.50. The average Bonchev–Trinajstić information content (AvgIpc) is 2.93. The number of hydrogen-bond acceptors (Lipinski definition) is 5. The van der Waals surface area contributed by atoms with Crippen LogP contribution in [-0.4, -0.2) is 45.2 Å². The van der Waals surface area contributed by atoms with Crippen LogP contribution in [0.25, 0.3) is 22.3 Å². The van der Waals surface area contributed by atoms with E-state index < -0.39 is 0 Å². The maximum atomic E-state index is 12.7. The van der Waals surface area contributed by atoms with E-state index in [1.165, 1.54) is 77.4 Å². The van der Waals surface area contributed by atoms with Gasteiger partial charge in [0.05, 0.1) is 12.0 Å². The number of rotatable bonds is 18. The molecule has 38 heavy (non-hydrogen) atoms. The van der Waals surface area contributed by atoms with Gasteiger partial charge in [0.2, 0.25) is 0 Å². The van der Waals surface area contributed by atoms with E-state index in [2.05, 4.69) is 18.7 Å². The van der Waals surface area contributed by atoms with Crippen LogP contribution in [0, 0.1) is 0 Å². The lowest BCUT2D eigenvalue weighted by Crippen LogP contribution is -2.23. The molecule has 0 fully saturated rings. The minimum Gasteiger partial charge on any atom is -0.493 e. The lowest BCUT2D eigenvalue weighted by molar-refractivity contribution is 0.295. The molecule has 1 heterocycles. The van der Waals surface area contributed by atoms with E-state index in [1.807, 2.05) is 55.4 Å². The second-order valence-electron chi connectivity index (χ2n) is 10.5. The van der Waals surface area contributed by atoms with E-state index in [-0.39, 0.29) is 5.43 Å². The fourth-order valence-corrected chi connectivity index (χ4v) is 4.87. The zero-order valence-corrected chi connectivity index (χ0v) is 24.1. The summed E-state index contributed by atoms with van der Waals surface area (Å²) in [6.07, 6.45) is 13.0. The SMILES string of the molecule is CCN(CC)CCCCCCCCCCCCOc1ccc2c(=O)cc(-c3ccc(N(C)C)cc3)oc2c1. The van der Waals surface area contributed by atoms with Crippen LogP contribution in [0.3, 0.4) is 0 Å². The summed E-state index contributed by atoms with van der Waals surface area (Å²) in [5.41, 5.74) is 2.51. The summed E-state index contributed by atoms with van der Waals surface area (Å²) in [4.78, 5) is 17.2. The van der Waals surface area contributed by atoms with Gasteiger partial charge in [0.15, 0.2) is 5.43 Å². The van der Waals surface area contributed by atoms with Crippen molar-refractivity contribution in [2.45, 2.75) is 78.1 Å². The Bertz CT molecular complexity index is 1130. The van der Waals surface area contributed by atoms with E-state index in [9.17, 15) is 4.79 Å². The van der Waals surface area contributed by atoms with Crippen LogP contribution in [0.4, 0.5) is 5.69 Å². The van der Waals surface area contributed by atoms with E-state index in [4.69, 9.17) is 9.15 Å². The molecule has 0 atom stereocenters. The van der Waals surface area contributed by atoms with Crippen molar-refractivity contribution in [3.05, 3.63) is 58.8 Å². The number of hydrogen-bond donors (Lipinski definition) is 0. The van der Waals surface area contributed by atoms with Crippen LogP contribution >= 0.6 is 0 Å². The van der Waals surface area contributed by atoms with Gasteiger partial charge in [0.25, 0.3) is 0 Å². The van der Waals surface area contributed by atoms with Crippen LogP contribution in [0.15, 0.2) is 57.7 Å². The lowest BCUT2D eigenvalue weighted by atomic mass is 10.1. The molecule has 0 bridgehead atoms. The predicted molar refractivity (Wildman–Crippen MR) is 162 cm³/mol. The summed E-state index contributed by atoms with van der Waals surface area (Å²) in [5, 5.41) is 0.579. The topological polar surface area (TPSA) is 45.9 Å². The molecule has 0 saturated carbocycles. The first-order valence-corrected chi connectivity index (χ1v) is 14.7. The highest BCUT2D eigenvalue weighted by Gasteiger charge is 2.09. The van der Waals surface area contributed by atoms with Gasteiger partial charge in [0, 0.05) is 37.5 Å². The molecular formula is C33H48N2O3. The van der Waals surface area contributed by atoms with E-state index in [1.54, 1.807) is 12.1 Å². The summed E-state index contributed by atoms with van der Waals surface area (Å²) in [6.45, 7) is 8.80. The standard InChI is InChI=1S/C33H48N2O3/c1-5-35(6-2)23-15-13-11-9-7-8-10-12-14-16-24-37-29-21-22-30-31(36)26-32(38-33(30)25-29)27-17-19-28(20-18-27)34(3)4/h17-22,25-26H,5-16,23-24H2,1-4H3. The normalized spacial score (nSPS) is 11.4. The molecule has 0 aliphatic heterocycles. The third-order valence-electron chi connectivity index (χ3n) is 7.40. The molecule has 0 aliphatic carbocycles. The average molecular weight is 521 g/mol. The Labute approximate surface area is 229 Å². The van der Waals surface area contributed by atoms with Gasteiger partial charge in [-0.3, -0.25) is 4.79 Å². The fourth-order valence-electron chi connectivity index (χ4n) is 4.87. The van der Waals surface area contributed by atoms with Crippen LogP contribution < -0.4 is 15.1 Å². The van der Waals surface area contributed by atoms with Crippen molar-refractivity contribution in [2.24, 2.45) is 0 Å². The van der Waals surface area contributed by atoms with E-state index in [0.717, 1.165) is 23.4 Å². The quantitative estimate of drug-likeness (QED) is 0.158. The first-order chi connectivity index (χ1) is 18.5. The minimum atomic E-state index is -0.0379. The van der Waals surface area contributed by atoms with Crippen molar-refractivity contribution in [2.75, 3.05) is 45.2 Å². The molecule has 0 spiro atoms. The van der Waals surface area contributed by atoms with Crippen LogP contribution in [-0.2, 0) is 0 Å². The first kappa shape index (κ1) is 29.8. The lowest BCUT2D eigenvalue weighted by Gasteiger charge is -2.17. The van der Waals surface area contributed by atoms with Crippen molar-refractivity contribution in [3.8, 4) is 17.1 Å². The Balaban J connectivity index is 1.34. The zero-order valence-electron chi connectivity index (χ0n) is 24.1.